The van der Waals surface area contributed by atoms with E-state index in [1.165, 1.54) is 31.0 Å². The molecule has 0 aliphatic carbocycles. The number of nitrogens with one attached hydrogen (secondary N) is 1. The summed E-state index contributed by atoms with van der Waals surface area (Å²) >= 11 is 0. The predicted molar refractivity (Wildman–Crippen MR) is 82.3 cm³/mol. The van der Waals surface area contributed by atoms with Crippen LogP contribution in [-0.4, -0.2) is 37.1 Å². The summed E-state index contributed by atoms with van der Waals surface area (Å²) < 4.78 is 27.3. The lowest BCUT2D eigenvalue weighted by Crippen LogP contribution is -2.44. The molecular weight excluding hydrogens is 270 g/mol. The molecule has 1 aromatic rings. The Morgan fingerprint density at radius 2 is 1.76 bits per heavy atom. The second kappa shape index (κ2) is 7.32. The van der Waals surface area contributed by atoms with Gasteiger partial charge in [-0.2, -0.15) is 0 Å². The zero-order valence-corrected chi connectivity index (χ0v) is 13.2. The minimum atomic E-state index is -0.449. The van der Waals surface area contributed by atoms with Crippen molar-refractivity contribution >= 4 is 0 Å². The van der Waals surface area contributed by atoms with Crippen LogP contribution in [0.5, 0.6) is 0 Å². The molecule has 118 valence electrons. The van der Waals surface area contributed by atoms with E-state index in [0.29, 0.717) is 18.4 Å². The number of benzene rings is 1. The molecule has 1 fully saturated rings. The molecule has 4 heteroatoms. The first kappa shape index (κ1) is 16.4. The van der Waals surface area contributed by atoms with Crippen LogP contribution in [0, 0.1) is 17.6 Å². The summed E-state index contributed by atoms with van der Waals surface area (Å²) in [6.45, 7) is 6.45. The fourth-order valence-electron chi connectivity index (χ4n) is 3.21. The van der Waals surface area contributed by atoms with Gasteiger partial charge in [-0.05, 0) is 71.3 Å². The standard InChI is InChI=1S/C17H26F2N2/c1-12(11-15-16(18)5-4-6-17(15)19)20-13(2)14-7-9-21(3)10-8-14/h4-6,12-14,20H,7-11H2,1-3H3. The first-order chi connectivity index (χ1) is 9.97. The number of halogens is 2. The molecule has 2 rings (SSSR count). The highest BCUT2D eigenvalue weighted by atomic mass is 19.1. The molecule has 0 radical (unpaired) electrons. The second-order valence-corrected chi connectivity index (χ2v) is 6.40. The van der Waals surface area contributed by atoms with Gasteiger partial charge in [0.15, 0.2) is 0 Å². The Balaban J connectivity index is 1.88. The van der Waals surface area contributed by atoms with Gasteiger partial charge < -0.3 is 10.2 Å². The normalized spacial score (nSPS) is 20.4. The highest BCUT2D eigenvalue weighted by Crippen LogP contribution is 2.21. The lowest BCUT2D eigenvalue weighted by atomic mass is 9.90. The molecule has 1 aromatic carbocycles. The topological polar surface area (TPSA) is 15.3 Å². The molecule has 2 unspecified atom stereocenters. The minimum absolute atomic E-state index is 0.0612. The van der Waals surface area contributed by atoms with Gasteiger partial charge in [0.1, 0.15) is 11.6 Å². The van der Waals surface area contributed by atoms with Gasteiger partial charge in [0.2, 0.25) is 0 Å². The Morgan fingerprint density at radius 1 is 1.19 bits per heavy atom. The molecule has 2 nitrogen and oxygen atoms in total. The van der Waals surface area contributed by atoms with E-state index in [1.54, 1.807) is 0 Å². The van der Waals surface area contributed by atoms with Crippen molar-refractivity contribution in [1.29, 1.82) is 0 Å². The van der Waals surface area contributed by atoms with Crippen LogP contribution in [0.4, 0.5) is 8.78 Å². The monoisotopic (exact) mass is 296 g/mol. The highest BCUT2D eigenvalue weighted by molar-refractivity contribution is 5.20. The molecule has 21 heavy (non-hydrogen) atoms. The van der Waals surface area contributed by atoms with E-state index >= 15 is 0 Å². The van der Waals surface area contributed by atoms with E-state index in [2.05, 4.69) is 24.2 Å². The number of hydrogen-bond acceptors (Lipinski definition) is 2. The highest BCUT2D eigenvalue weighted by Gasteiger charge is 2.23. The van der Waals surface area contributed by atoms with Gasteiger partial charge in [0.05, 0.1) is 0 Å². The molecule has 0 saturated carbocycles. The fourth-order valence-corrected chi connectivity index (χ4v) is 3.21. The van der Waals surface area contributed by atoms with Crippen molar-refractivity contribution in [2.45, 2.75) is 45.2 Å². The Bertz CT molecular complexity index is 436. The van der Waals surface area contributed by atoms with Crippen LogP contribution >= 0.6 is 0 Å². The van der Waals surface area contributed by atoms with Crippen LogP contribution in [0.3, 0.4) is 0 Å². The van der Waals surface area contributed by atoms with Crippen molar-refractivity contribution < 1.29 is 8.78 Å². The summed E-state index contributed by atoms with van der Waals surface area (Å²) in [5, 5.41) is 3.52. The molecular formula is C17H26F2N2. The van der Waals surface area contributed by atoms with Crippen molar-refractivity contribution in [3.05, 3.63) is 35.4 Å². The van der Waals surface area contributed by atoms with Crippen molar-refractivity contribution in [3.63, 3.8) is 0 Å². The number of piperidine rings is 1. The summed E-state index contributed by atoms with van der Waals surface area (Å²) in [5.41, 5.74) is 0.188. The average Bonchev–Trinajstić information content (AvgIpc) is 2.43. The van der Waals surface area contributed by atoms with Crippen LogP contribution in [-0.2, 0) is 6.42 Å². The van der Waals surface area contributed by atoms with Crippen molar-refractivity contribution in [2.75, 3.05) is 20.1 Å². The number of rotatable bonds is 5. The predicted octanol–water partition coefficient (Wildman–Crippen LogP) is 3.22. The lowest BCUT2D eigenvalue weighted by molar-refractivity contribution is 0.185. The van der Waals surface area contributed by atoms with Crippen molar-refractivity contribution in [2.24, 2.45) is 5.92 Å². The van der Waals surface area contributed by atoms with E-state index < -0.39 is 11.6 Å². The molecule has 2 atom stereocenters. The third-order valence-electron chi connectivity index (χ3n) is 4.59. The maximum Gasteiger partial charge on any atom is 0.129 e. The Labute approximate surface area is 126 Å². The zero-order valence-electron chi connectivity index (χ0n) is 13.2. The number of nitrogens with zero attached hydrogens (tertiary/aromatic N) is 1. The van der Waals surface area contributed by atoms with Gasteiger partial charge in [-0.15, -0.1) is 0 Å². The van der Waals surface area contributed by atoms with Crippen molar-refractivity contribution in [3.8, 4) is 0 Å². The first-order valence-corrected chi connectivity index (χ1v) is 7.85. The Hall–Kier alpha value is -1.00. The smallest absolute Gasteiger partial charge is 0.129 e. The largest absolute Gasteiger partial charge is 0.311 e. The van der Waals surface area contributed by atoms with Gasteiger partial charge in [0.25, 0.3) is 0 Å². The molecule has 0 amide bonds. The van der Waals surface area contributed by atoms with Crippen LogP contribution in [0.2, 0.25) is 0 Å². The van der Waals surface area contributed by atoms with Crippen molar-refractivity contribution in [1.82, 2.24) is 10.2 Å². The molecule has 0 aromatic heterocycles. The molecule has 1 aliphatic heterocycles. The SMILES string of the molecule is CC(Cc1c(F)cccc1F)NC(C)C1CCN(C)CC1. The maximum absolute atomic E-state index is 13.7. The molecule has 1 N–H and O–H groups in total. The van der Waals surface area contributed by atoms with E-state index in [-0.39, 0.29) is 11.6 Å². The summed E-state index contributed by atoms with van der Waals surface area (Å²) in [6.07, 6.45) is 2.76. The molecule has 1 saturated heterocycles. The molecule has 0 spiro atoms. The number of likely N-dealkylation sites (tertiary alicyclic amines) is 1. The van der Waals surface area contributed by atoms with E-state index in [1.807, 2.05) is 6.92 Å². The Kier molecular flexibility index (Phi) is 5.71. The van der Waals surface area contributed by atoms with Gasteiger partial charge in [0, 0.05) is 17.6 Å². The van der Waals surface area contributed by atoms with Crippen LogP contribution in [0.1, 0.15) is 32.3 Å². The van der Waals surface area contributed by atoms with E-state index in [9.17, 15) is 8.78 Å². The van der Waals surface area contributed by atoms with Crippen LogP contribution in [0.15, 0.2) is 18.2 Å². The minimum Gasteiger partial charge on any atom is -0.311 e. The fraction of sp³-hybridized carbons (Fsp3) is 0.647. The van der Waals surface area contributed by atoms with Gasteiger partial charge >= 0.3 is 0 Å². The van der Waals surface area contributed by atoms with E-state index in [4.69, 9.17) is 0 Å². The summed E-state index contributed by atoms with van der Waals surface area (Å²) in [4.78, 5) is 2.35. The molecule has 1 aliphatic rings. The quantitative estimate of drug-likeness (QED) is 0.897. The summed E-state index contributed by atoms with van der Waals surface area (Å²) in [6, 6.07) is 4.50. The van der Waals surface area contributed by atoms with Crippen LogP contribution < -0.4 is 5.32 Å². The lowest BCUT2D eigenvalue weighted by Gasteiger charge is -2.34. The maximum atomic E-state index is 13.7. The van der Waals surface area contributed by atoms with Gasteiger partial charge in [-0.25, -0.2) is 8.78 Å². The van der Waals surface area contributed by atoms with Crippen LogP contribution in [0.25, 0.3) is 0 Å². The van der Waals surface area contributed by atoms with Gasteiger partial charge in [-0.1, -0.05) is 6.07 Å². The molecule has 0 bridgehead atoms. The Morgan fingerprint density at radius 3 is 2.33 bits per heavy atom. The summed E-state index contributed by atoms with van der Waals surface area (Å²) in [5.74, 6) is -0.250. The first-order valence-electron chi connectivity index (χ1n) is 7.85. The van der Waals surface area contributed by atoms with E-state index in [0.717, 1.165) is 13.1 Å². The zero-order chi connectivity index (χ0) is 15.4. The average molecular weight is 296 g/mol. The molecule has 1 heterocycles. The second-order valence-electron chi connectivity index (χ2n) is 6.40. The number of hydrogen-bond donors (Lipinski definition) is 1. The third kappa shape index (κ3) is 4.48. The summed E-state index contributed by atoms with van der Waals surface area (Å²) in [7, 11) is 2.15. The van der Waals surface area contributed by atoms with Gasteiger partial charge in [-0.3, -0.25) is 0 Å². The third-order valence-corrected chi connectivity index (χ3v) is 4.59.